The van der Waals surface area contributed by atoms with Gasteiger partial charge in [0.05, 0.1) is 12.6 Å². The van der Waals surface area contributed by atoms with E-state index in [4.69, 9.17) is 4.74 Å². The van der Waals surface area contributed by atoms with Crippen LogP contribution in [0.4, 0.5) is 0 Å². The highest BCUT2D eigenvalue weighted by molar-refractivity contribution is 5.96. The Labute approximate surface area is 144 Å². The van der Waals surface area contributed by atoms with Crippen LogP contribution < -0.4 is 10.1 Å². The first-order chi connectivity index (χ1) is 12.3. The van der Waals surface area contributed by atoms with Gasteiger partial charge in [0.15, 0.2) is 0 Å². The molecule has 6 heteroatoms. The maximum atomic E-state index is 12.7. The number of amides is 1. The molecule has 0 aliphatic carbocycles. The number of fused-ring (bicyclic) bond motifs is 3. The van der Waals surface area contributed by atoms with Gasteiger partial charge in [0, 0.05) is 11.1 Å². The van der Waals surface area contributed by atoms with Crippen molar-refractivity contribution in [3.63, 3.8) is 0 Å². The van der Waals surface area contributed by atoms with Crippen molar-refractivity contribution in [3.8, 4) is 17.0 Å². The predicted molar refractivity (Wildman–Crippen MR) is 92.1 cm³/mol. The number of benzene rings is 2. The number of aromatic amines is 1. The first-order valence-electron chi connectivity index (χ1n) is 8.04. The van der Waals surface area contributed by atoms with Gasteiger partial charge in [-0.05, 0) is 17.7 Å². The zero-order valence-corrected chi connectivity index (χ0v) is 13.4. The maximum Gasteiger partial charge on any atom is 0.270 e. The molecule has 2 heterocycles. The van der Waals surface area contributed by atoms with Crippen LogP contribution >= 0.6 is 0 Å². The third kappa shape index (κ3) is 2.77. The molecular weight excluding hydrogens is 318 g/mol. The van der Waals surface area contributed by atoms with Crippen molar-refractivity contribution in [3.05, 3.63) is 71.4 Å². The Morgan fingerprint density at radius 3 is 2.76 bits per heavy atom. The van der Waals surface area contributed by atoms with E-state index in [0.29, 0.717) is 5.69 Å². The van der Waals surface area contributed by atoms with E-state index in [-0.39, 0.29) is 19.1 Å². The number of H-pyrrole nitrogens is 1. The number of hydrogen-bond acceptors (Lipinski definition) is 4. The van der Waals surface area contributed by atoms with Crippen molar-refractivity contribution in [1.29, 1.82) is 0 Å². The Balaban J connectivity index is 1.61. The summed E-state index contributed by atoms with van der Waals surface area (Å²) in [5.41, 5.74) is 3.52. The number of carbonyl (C=O) groups excluding carboxylic acids is 1. The van der Waals surface area contributed by atoms with E-state index in [1.807, 2.05) is 54.6 Å². The minimum atomic E-state index is -0.482. The number of ether oxygens (including phenoxy) is 1. The predicted octanol–water partition coefficient (Wildman–Crippen LogP) is 2.43. The summed E-state index contributed by atoms with van der Waals surface area (Å²) in [6.07, 6.45) is 0. The third-order valence-electron chi connectivity index (χ3n) is 4.30. The summed E-state index contributed by atoms with van der Waals surface area (Å²) in [6, 6.07) is 16.5. The Hall–Kier alpha value is -3.12. The number of hydrogen-bond donors (Lipinski definition) is 3. The number of nitrogens with zero attached hydrogens (tertiary/aromatic N) is 1. The van der Waals surface area contributed by atoms with Crippen LogP contribution in [0.25, 0.3) is 11.3 Å². The molecule has 0 saturated heterocycles. The molecular formula is C19H17N3O3. The van der Waals surface area contributed by atoms with Crippen LogP contribution in [-0.2, 0) is 6.61 Å². The summed E-state index contributed by atoms with van der Waals surface area (Å²) in [5.74, 6) is 0.436. The van der Waals surface area contributed by atoms with E-state index in [2.05, 4.69) is 15.5 Å². The molecule has 25 heavy (non-hydrogen) atoms. The lowest BCUT2D eigenvalue weighted by Crippen LogP contribution is -2.31. The van der Waals surface area contributed by atoms with Crippen LogP contribution in [0.2, 0.25) is 0 Å². The van der Waals surface area contributed by atoms with Gasteiger partial charge in [0.2, 0.25) is 0 Å². The second-order valence-electron chi connectivity index (χ2n) is 5.83. The number of carbonyl (C=O) groups is 1. The summed E-state index contributed by atoms with van der Waals surface area (Å²) >= 11 is 0. The molecule has 2 aromatic carbocycles. The van der Waals surface area contributed by atoms with Gasteiger partial charge in [0.1, 0.15) is 23.7 Å². The van der Waals surface area contributed by atoms with Gasteiger partial charge < -0.3 is 15.2 Å². The number of nitrogens with one attached hydrogen (secondary N) is 2. The lowest BCUT2D eigenvalue weighted by molar-refractivity contribution is 0.0908. The van der Waals surface area contributed by atoms with Crippen molar-refractivity contribution < 1.29 is 14.6 Å². The van der Waals surface area contributed by atoms with Crippen molar-refractivity contribution in [2.24, 2.45) is 0 Å². The van der Waals surface area contributed by atoms with Gasteiger partial charge in [0.25, 0.3) is 5.91 Å². The van der Waals surface area contributed by atoms with Gasteiger partial charge in [-0.1, -0.05) is 42.5 Å². The van der Waals surface area contributed by atoms with Gasteiger partial charge in [-0.15, -0.1) is 0 Å². The van der Waals surface area contributed by atoms with Crippen molar-refractivity contribution in [2.45, 2.75) is 12.6 Å². The van der Waals surface area contributed by atoms with Crippen molar-refractivity contribution >= 4 is 5.91 Å². The summed E-state index contributed by atoms with van der Waals surface area (Å²) in [6.45, 7) is 0.0894. The summed E-state index contributed by atoms with van der Waals surface area (Å²) in [4.78, 5) is 12.7. The molecule has 3 N–H and O–H groups in total. The normalized spacial score (nSPS) is 13.3. The summed E-state index contributed by atoms with van der Waals surface area (Å²) in [5, 5.41) is 19.6. The Kier molecular flexibility index (Phi) is 3.95. The molecule has 0 fully saturated rings. The Bertz CT molecular complexity index is 905. The third-order valence-corrected chi connectivity index (χ3v) is 4.30. The van der Waals surface area contributed by atoms with Crippen LogP contribution in [-0.4, -0.2) is 27.8 Å². The number of aromatic nitrogens is 2. The van der Waals surface area contributed by atoms with Gasteiger partial charge in [-0.25, -0.2) is 0 Å². The zero-order valence-electron chi connectivity index (χ0n) is 13.4. The zero-order chi connectivity index (χ0) is 17.2. The smallest absolute Gasteiger partial charge is 0.270 e. The fourth-order valence-electron chi connectivity index (χ4n) is 3.00. The fourth-order valence-corrected chi connectivity index (χ4v) is 3.00. The number of aliphatic hydroxyl groups is 1. The molecule has 1 atom stereocenters. The standard InChI is InChI=1S/C19H17N3O3/c23-10-15(12-6-2-1-3-7-12)20-19(24)18-14-11-25-16-9-5-4-8-13(16)17(14)21-22-18/h1-9,15,23H,10-11H2,(H,20,24)(H,21,22)/t15-/m0/s1. The topological polar surface area (TPSA) is 87.2 Å². The minimum Gasteiger partial charge on any atom is -0.488 e. The molecule has 0 saturated carbocycles. The molecule has 4 rings (SSSR count). The molecule has 0 radical (unpaired) electrons. The summed E-state index contributed by atoms with van der Waals surface area (Å²) in [7, 11) is 0. The van der Waals surface area contributed by atoms with Crippen LogP contribution in [0.5, 0.6) is 5.75 Å². The highest BCUT2D eigenvalue weighted by Gasteiger charge is 2.27. The van der Waals surface area contributed by atoms with Crippen LogP contribution in [0.15, 0.2) is 54.6 Å². The molecule has 0 unspecified atom stereocenters. The first kappa shape index (κ1) is 15.4. The van der Waals surface area contributed by atoms with E-state index < -0.39 is 6.04 Å². The lowest BCUT2D eigenvalue weighted by Gasteiger charge is -2.19. The quantitative estimate of drug-likeness (QED) is 0.683. The molecule has 0 bridgehead atoms. The van der Waals surface area contributed by atoms with Gasteiger partial charge >= 0.3 is 0 Å². The first-order valence-corrected chi connectivity index (χ1v) is 8.04. The Morgan fingerprint density at radius 2 is 1.96 bits per heavy atom. The number of para-hydroxylation sites is 1. The monoisotopic (exact) mass is 335 g/mol. The average molecular weight is 335 g/mol. The van der Waals surface area contributed by atoms with E-state index >= 15 is 0 Å². The largest absolute Gasteiger partial charge is 0.488 e. The van der Waals surface area contributed by atoms with Crippen LogP contribution in [0.3, 0.4) is 0 Å². The highest BCUT2D eigenvalue weighted by atomic mass is 16.5. The van der Waals surface area contributed by atoms with Gasteiger partial charge in [-0.3, -0.25) is 9.89 Å². The second kappa shape index (κ2) is 6.41. The number of rotatable bonds is 4. The molecule has 0 spiro atoms. The second-order valence-corrected chi connectivity index (χ2v) is 5.83. The molecule has 1 amide bonds. The van der Waals surface area contributed by atoms with Crippen LogP contribution in [0.1, 0.15) is 27.7 Å². The highest BCUT2D eigenvalue weighted by Crippen LogP contribution is 2.37. The Morgan fingerprint density at radius 1 is 1.20 bits per heavy atom. The fraction of sp³-hybridized carbons (Fsp3) is 0.158. The molecule has 1 aliphatic rings. The van der Waals surface area contributed by atoms with E-state index in [9.17, 15) is 9.90 Å². The van der Waals surface area contributed by atoms with Crippen molar-refractivity contribution in [1.82, 2.24) is 15.5 Å². The SMILES string of the molecule is O=C(N[C@@H](CO)c1ccccc1)c1[nH]nc2c1COc1ccccc1-2. The minimum absolute atomic E-state index is 0.189. The van der Waals surface area contributed by atoms with Crippen LogP contribution in [0, 0.1) is 0 Å². The molecule has 1 aliphatic heterocycles. The average Bonchev–Trinajstić information content (AvgIpc) is 3.11. The lowest BCUT2D eigenvalue weighted by atomic mass is 10.0. The summed E-state index contributed by atoms with van der Waals surface area (Å²) < 4.78 is 5.73. The molecule has 1 aromatic heterocycles. The van der Waals surface area contributed by atoms with Crippen molar-refractivity contribution in [2.75, 3.05) is 6.61 Å². The van der Waals surface area contributed by atoms with E-state index in [1.165, 1.54) is 0 Å². The van der Waals surface area contributed by atoms with Gasteiger partial charge in [-0.2, -0.15) is 5.10 Å². The maximum absolute atomic E-state index is 12.7. The number of aliphatic hydroxyl groups excluding tert-OH is 1. The molecule has 6 nitrogen and oxygen atoms in total. The molecule has 126 valence electrons. The van der Waals surface area contributed by atoms with E-state index in [1.54, 1.807) is 0 Å². The molecule has 3 aromatic rings. The van der Waals surface area contributed by atoms with E-state index in [0.717, 1.165) is 28.1 Å².